The van der Waals surface area contributed by atoms with Crippen LogP contribution in [0.4, 0.5) is 0 Å². The smallest absolute Gasteiger partial charge is 0.327 e. The van der Waals surface area contributed by atoms with E-state index in [2.05, 4.69) is 0 Å². The number of carboxylic acids is 1. The Kier molecular flexibility index (Phi) is 9.36. The van der Waals surface area contributed by atoms with Crippen molar-refractivity contribution in [2.24, 2.45) is 5.73 Å². The summed E-state index contributed by atoms with van der Waals surface area (Å²) in [5.41, 5.74) is 6.05. The molecule has 1 aromatic carbocycles. The van der Waals surface area contributed by atoms with Gasteiger partial charge in [0.1, 0.15) is 11.8 Å². The van der Waals surface area contributed by atoms with Gasteiger partial charge < -0.3 is 15.9 Å². The molecule has 0 unspecified atom stereocenters. The molecule has 0 radical (unpaired) electrons. The molecule has 7 heteroatoms. The summed E-state index contributed by atoms with van der Waals surface area (Å²) in [6, 6.07) is 4.77. The van der Waals surface area contributed by atoms with E-state index in [-0.39, 0.29) is 18.6 Å². The van der Waals surface area contributed by atoms with Crippen molar-refractivity contribution < 1.29 is 24.6 Å². The first-order valence-electron chi connectivity index (χ1n) is 8.90. The van der Waals surface area contributed by atoms with Crippen LogP contribution in [-0.4, -0.2) is 45.5 Å². The van der Waals surface area contributed by atoms with Crippen molar-refractivity contribution in [3.05, 3.63) is 29.8 Å². The van der Waals surface area contributed by atoms with Gasteiger partial charge in [-0.25, -0.2) is 4.79 Å². The minimum atomic E-state index is -1.26. The summed E-state index contributed by atoms with van der Waals surface area (Å²) in [5.74, 6) is -2.22. The van der Waals surface area contributed by atoms with Crippen LogP contribution >= 0.6 is 0 Å². The maximum Gasteiger partial charge on any atom is 0.327 e. The Balaban J connectivity index is 2.72. The van der Waals surface area contributed by atoms with Crippen LogP contribution in [0, 0.1) is 0 Å². The van der Waals surface area contributed by atoms with Crippen molar-refractivity contribution in [1.29, 1.82) is 0 Å². The number of rotatable bonds is 11. The van der Waals surface area contributed by atoms with E-state index in [4.69, 9.17) is 5.73 Å². The lowest BCUT2D eigenvalue weighted by Crippen LogP contribution is -2.48. The number of nitrogens with zero attached hydrogens (tertiary/aromatic N) is 1. The van der Waals surface area contributed by atoms with Crippen LogP contribution in [0.25, 0.3) is 0 Å². The maximum atomic E-state index is 12.4. The lowest BCUT2D eigenvalue weighted by molar-refractivity contribution is -0.157. The summed E-state index contributed by atoms with van der Waals surface area (Å²) >= 11 is 0. The predicted molar refractivity (Wildman–Crippen MR) is 97.5 cm³/mol. The molecule has 0 aromatic heterocycles. The second-order valence-corrected chi connectivity index (χ2v) is 6.31. The van der Waals surface area contributed by atoms with Gasteiger partial charge >= 0.3 is 5.97 Å². The third-order valence-corrected chi connectivity index (χ3v) is 4.16. The van der Waals surface area contributed by atoms with Gasteiger partial charge in [0.15, 0.2) is 0 Å². The number of phenolic OH excluding ortho intramolecular Hbond substituents is 1. The Morgan fingerprint density at radius 1 is 1.04 bits per heavy atom. The molecular formula is C19H28N2O5. The molecule has 26 heavy (non-hydrogen) atoms. The van der Waals surface area contributed by atoms with Crippen molar-refractivity contribution >= 4 is 17.8 Å². The Labute approximate surface area is 153 Å². The number of carboxylic acid groups (broad SMARTS) is 1. The summed E-state index contributed by atoms with van der Waals surface area (Å²) in [6.45, 7) is 1.85. The first kappa shape index (κ1) is 21.6. The van der Waals surface area contributed by atoms with Gasteiger partial charge in [-0.1, -0.05) is 31.4 Å². The minimum absolute atomic E-state index is 0.00255. The van der Waals surface area contributed by atoms with Crippen molar-refractivity contribution in [3.8, 4) is 5.75 Å². The summed E-state index contributed by atoms with van der Waals surface area (Å²) in [5, 5.41) is 18.8. The number of hydrogen-bond donors (Lipinski definition) is 3. The number of imide groups is 1. The zero-order chi connectivity index (χ0) is 19.5. The van der Waals surface area contributed by atoms with Gasteiger partial charge in [-0.15, -0.1) is 0 Å². The molecule has 0 heterocycles. The van der Waals surface area contributed by atoms with Crippen molar-refractivity contribution in [1.82, 2.24) is 4.90 Å². The van der Waals surface area contributed by atoms with Crippen LogP contribution in [0.3, 0.4) is 0 Å². The van der Waals surface area contributed by atoms with E-state index in [0.29, 0.717) is 18.5 Å². The molecule has 0 saturated heterocycles. The third-order valence-electron chi connectivity index (χ3n) is 4.16. The van der Waals surface area contributed by atoms with Gasteiger partial charge in [0.25, 0.3) is 0 Å². The van der Waals surface area contributed by atoms with Gasteiger partial charge in [0.05, 0.1) is 0 Å². The molecule has 1 atom stereocenters. The zero-order valence-corrected chi connectivity index (χ0v) is 15.2. The van der Waals surface area contributed by atoms with Gasteiger partial charge in [-0.2, -0.15) is 0 Å². The number of phenols is 1. The highest BCUT2D eigenvalue weighted by atomic mass is 16.4. The van der Waals surface area contributed by atoms with Gasteiger partial charge in [-0.3, -0.25) is 14.5 Å². The SMILES string of the molecule is CC(=O)N(C(=O)CCCCCCCN)[C@@H](Cc1ccc(O)cc1)C(=O)O. The molecule has 4 N–H and O–H groups in total. The van der Waals surface area contributed by atoms with Crippen LogP contribution < -0.4 is 5.73 Å². The van der Waals surface area contributed by atoms with Crippen molar-refractivity contribution in [2.75, 3.05) is 6.54 Å². The van der Waals surface area contributed by atoms with Gasteiger partial charge in [-0.05, 0) is 37.1 Å². The molecule has 1 rings (SSSR count). The largest absolute Gasteiger partial charge is 0.508 e. The van der Waals surface area contributed by atoms with Crippen LogP contribution in [0.5, 0.6) is 5.75 Å². The van der Waals surface area contributed by atoms with Gasteiger partial charge in [0.2, 0.25) is 11.8 Å². The Bertz CT molecular complexity index is 600. The highest BCUT2D eigenvalue weighted by Gasteiger charge is 2.32. The Morgan fingerprint density at radius 2 is 1.62 bits per heavy atom. The van der Waals surface area contributed by atoms with E-state index in [1.807, 2.05) is 0 Å². The van der Waals surface area contributed by atoms with Crippen LogP contribution in [0.2, 0.25) is 0 Å². The third kappa shape index (κ3) is 7.23. The fourth-order valence-electron chi connectivity index (χ4n) is 2.78. The monoisotopic (exact) mass is 364 g/mol. The number of amides is 2. The number of nitrogens with two attached hydrogens (primary N) is 1. The van der Waals surface area contributed by atoms with Crippen molar-refractivity contribution in [3.63, 3.8) is 0 Å². The normalized spacial score (nSPS) is 11.8. The average Bonchev–Trinajstić information content (AvgIpc) is 2.58. The first-order valence-corrected chi connectivity index (χ1v) is 8.90. The number of aliphatic carboxylic acids is 1. The fraction of sp³-hybridized carbons (Fsp3) is 0.526. The minimum Gasteiger partial charge on any atom is -0.508 e. The number of hydrogen-bond acceptors (Lipinski definition) is 5. The summed E-state index contributed by atoms with van der Waals surface area (Å²) < 4.78 is 0. The second-order valence-electron chi connectivity index (χ2n) is 6.31. The number of carbonyl (C=O) groups is 3. The highest BCUT2D eigenvalue weighted by Crippen LogP contribution is 2.16. The van der Waals surface area contributed by atoms with Crippen LogP contribution in [-0.2, 0) is 20.8 Å². The predicted octanol–water partition coefficient (Wildman–Crippen LogP) is 2.06. The summed E-state index contributed by atoms with van der Waals surface area (Å²) in [4.78, 5) is 36.9. The molecular weight excluding hydrogens is 336 g/mol. The number of unbranched alkanes of at least 4 members (excludes halogenated alkanes) is 4. The summed E-state index contributed by atoms with van der Waals surface area (Å²) in [6.07, 6.45) is 4.49. The van der Waals surface area contributed by atoms with E-state index in [0.717, 1.165) is 30.6 Å². The standard InChI is InChI=1S/C19H28N2O5/c1-14(22)21(18(24)7-5-3-2-4-6-12-20)17(19(25)26)13-15-8-10-16(23)11-9-15/h8-11,17,23H,2-7,12-13,20H2,1H3,(H,25,26)/t17-/m0/s1. The number of benzene rings is 1. The van der Waals surface area contributed by atoms with E-state index in [1.165, 1.54) is 19.1 Å². The first-order chi connectivity index (χ1) is 12.4. The second kappa shape index (κ2) is 11.3. The molecule has 0 saturated carbocycles. The highest BCUT2D eigenvalue weighted by molar-refractivity contribution is 5.98. The van der Waals surface area contributed by atoms with Crippen LogP contribution in [0.15, 0.2) is 24.3 Å². The number of aromatic hydroxyl groups is 1. The van der Waals surface area contributed by atoms with E-state index in [1.54, 1.807) is 12.1 Å². The molecule has 2 amide bonds. The van der Waals surface area contributed by atoms with Crippen molar-refractivity contribution in [2.45, 2.75) is 57.9 Å². The molecule has 0 aliphatic heterocycles. The Morgan fingerprint density at radius 3 is 2.15 bits per heavy atom. The summed E-state index contributed by atoms with van der Waals surface area (Å²) in [7, 11) is 0. The van der Waals surface area contributed by atoms with E-state index in [9.17, 15) is 24.6 Å². The quantitative estimate of drug-likeness (QED) is 0.517. The molecule has 0 bridgehead atoms. The molecule has 1 aromatic rings. The molecule has 0 aliphatic rings. The Hall–Kier alpha value is -2.41. The average molecular weight is 364 g/mol. The fourth-order valence-corrected chi connectivity index (χ4v) is 2.78. The van der Waals surface area contributed by atoms with E-state index < -0.39 is 23.8 Å². The van der Waals surface area contributed by atoms with Gasteiger partial charge in [0, 0.05) is 19.8 Å². The molecule has 0 fully saturated rings. The number of carbonyl (C=O) groups excluding carboxylic acids is 2. The molecule has 0 aliphatic carbocycles. The molecule has 0 spiro atoms. The topological polar surface area (TPSA) is 121 Å². The zero-order valence-electron chi connectivity index (χ0n) is 15.2. The lowest BCUT2D eigenvalue weighted by Gasteiger charge is -2.26. The molecule has 7 nitrogen and oxygen atoms in total. The lowest BCUT2D eigenvalue weighted by atomic mass is 10.0. The van der Waals surface area contributed by atoms with E-state index >= 15 is 0 Å². The molecule has 144 valence electrons. The van der Waals surface area contributed by atoms with Crippen LogP contribution in [0.1, 0.15) is 51.0 Å². The maximum absolute atomic E-state index is 12.4.